The maximum absolute atomic E-state index is 12.6. The predicted octanol–water partition coefficient (Wildman–Crippen LogP) is 1.98. The molecule has 100 valence electrons. The molecule has 0 spiro atoms. The highest BCUT2D eigenvalue weighted by Gasteiger charge is 2.24. The highest BCUT2D eigenvalue weighted by Crippen LogP contribution is 2.22. The van der Waals surface area contributed by atoms with Crippen molar-refractivity contribution in [2.75, 3.05) is 33.2 Å². The van der Waals surface area contributed by atoms with E-state index >= 15 is 0 Å². The maximum atomic E-state index is 12.6. The SMILES string of the molecule is Cc1oc(C)c(C(=O)N2CCCN(C)CC2)c1C. The summed E-state index contributed by atoms with van der Waals surface area (Å²) in [6, 6.07) is 0. The molecule has 1 aromatic heterocycles. The summed E-state index contributed by atoms with van der Waals surface area (Å²) < 4.78 is 5.55. The van der Waals surface area contributed by atoms with E-state index in [0.29, 0.717) is 0 Å². The molecule has 1 amide bonds. The highest BCUT2D eigenvalue weighted by atomic mass is 16.3. The van der Waals surface area contributed by atoms with Crippen molar-refractivity contribution < 1.29 is 9.21 Å². The Morgan fingerprint density at radius 3 is 2.39 bits per heavy atom. The lowest BCUT2D eigenvalue weighted by atomic mass is 10.1. The van der Waals surface area contributed by atoms with Gasteiger partial charge in [-0.1, -0.05) is 0 Å². The van der Waals surface area contributed by atoms with E-state index in [1.54, 1.807) is 0 Å². The summed E-state index contributed by atoms with van der Waals surface area (Å²) in [4.78, 5) is 16.8. The number of amides is 1. The standard InChI is InChI=1S/C14H22N2O2/c1-10-11(2)18-12(3)13(10)14(17)16-7-5-6-15(4)8-9-16/h5-9H2,1-4H3. The molecule has 0 radical (unpaired) electrons. The molecular weight excluding hydrogens is 228 g/mol. The number of hydrogen-bond donors (Lipinski definition) is 0. The van der Waals surface area contributed by atoms with E-state index in [0.717, 1.165) is 55.2 Å². The number of rotatable bonds is 1. The van der Waals surface area contributed by atoms with Gasteiger partial charge in [0.2, 0.25) is 0 Å². The fourth-order valence-corrected chi connectivity index (χ4v) is 2.52. The first-order chi connectivity index (χ1) is 8.50. The second kappa shape index (κ2) is 5.14. The number of hydrogen-bond acceptors (Lipinski definition) is 3. The van der Waals surface area contributed by atoms with Crippen molar-refractivity contribution in [1.29, 1.82) is 0 Å². The number of carbonyl (C=O) groups is 1. The lowest BCUT2D eigenvalue weighted by Crippen LogP contribution is -2.35. The number of carbonyl (C=O) groups excluding carboxylic acids is 1. The third kappa shape index (κ3) is 2.43. The largest absolute Gasteiger partial charge is 0.466 e. The molecule has 4 heteroatoms. The van der Waals surface area contributed by atoms with Crippen LogP contribution in [0.5, 0.6) is 0 Å². The molecular formula is C14H22N2O2. The fraction of sp³-hybridized carbons (Fsp3) is 0.643. The Hall–Kier alpha value is -1.29. The molecule has 1 aliphatic heterocycles. The number of furan rings is 1. The summed E-state index contributed by atoms with van der Waals surface area (Å²) in [6.45, 7) is 9.40. The van der Waals surface area contributed by atoms with Gasteiger partial charge >= 0.3 is 0 Å². The van der Waals surface area contributed by atoms with Crippen LogP contribution in [0.2, 0.25) is 0 Å². The Kier molecular flexibility index (Phi) is 3.76. The summed E-state index contributed by atoms with van der Waals surface area (Å²) in [5, 5.41) is 0. The van der Waals surface area contributed by atoms with Crippen LogP contribution < -0.4 is 0 Å². The van der Waals surface area contributed by atoms with Crippen LogP contribution >= 0.6 is 0 Å². The van der Waals surface area contributed by atoms with Crippen molar-refractivity contribution in [3.8, 4) is 0 Å². The molecule has 18 heavy (non-hydrogen) atoms. The summed E-state index contributed by atoms with van der Waals surface area (Å²) in [7, 11) is 2.10. The first-order valence-electron chi connectivity index (χ1n) is 6.55. The molecule has 2 heterocycles. The normalized spacial score (nSPS) is 17.9. The smallest absolute Gasteiger partial charge is 0.257 e. The molecule has 0 N–H and O–H groups in total. The highest BCUT2D eigenvalue weighted by molar-refractivity contribution is 5.96. The maximum Gasteiger partial charge on any atom is 0.257 e. The molecule has 1 fully saturated rings. The van der Waals surface area contributed by atoms with Crippen LogP contribution in [-0.4, -0.2) is 48.9 Å². The van der Waals surface area contributed by atoms with E-state index in [2.05, 4.69) is 11.9 Å². The molecule has 1 aliphatic rings. The van der Waals surface area contributed by atoms with Crippen LogP contribution in [0.3, 0.4) is 0 Å². The third-order valence-electron chi connectivity index (χ3n) is 3.78. The van der Waals surface area contributed by atoms with Gasteiger partial charge in [-0.05, 0) is 40.8 Å². The minimum atomic E-state index is 0.122. The first-order valence-corrected chi connectivity index (χ1v) is 6.55. The van der Waals surface area contributed by atoms with Crippen molar-refractivity contribution in [2.45, 2.75) is 27.2 Å². The van der Waals surface area contributed by atoms with Gasteiger partial charge in [0.25, 0.3) is 5.91 Å². The van der Waals surface area contributed by atoms with Gasteiger partial charge < -0.3 is 14.2 Å². The molecule has 4 nitrogen and oxygen atoms in total. The Morgan fingerprint density at radius 1 is 1.06 bits per heavy atom. The van der Waals surface area contributed by atoms with Gasteiger partial charge in [0.05, 0.1) is 5.56 Å². The van der Waals surface area contributed by atoms with E-state index in [9.17, 15) is 4.79 Å². The fourth-order valence-electron chi connectivity index (χ4n) is 2.52. The Labute approximate surface area is 109 Å². The van der Waals surface area contributed by atoms with Crippen LogP contribution in [0, 0.1) is 20.8 Å². The van der Waals surface area contributed by atoms with Crippen molar-refractivity contribution in [3.63, 3.8) is 0 Å². The van der Waals surface area contributed by atoms with Gasteiger partial charge in [-0.2, -0.15) is 0 Å². The van der Waals surface area contributed by atoms with E-state index in [-0.39, 0.29) is 5.91 Å². The van der Waals surface area contributed by atoms with Gasteiger partial charge in [0.1, 0.15) is 11.5 Å². The quantitative estimate of drug-likeness (QED) is 0.764. The van der Waals surface area contributed by atoms with E-state index in [4.69, 9.17) is 4.42 Å². The van der Waals surface area contributed by atoms with Crippen molar-refractivity contribution in [3.05, 3.63) is 22.6 Å². The van der Waals surface area contributed by atoms with Crippen LogP contribution in [0.4, 0.5) is 0 Å². The van der Waals surface area contributed by atoms with Crippen LogP contribution in [-0.2, 0) is 0 Å². The number of aryl methyl sites for hydroxylation is 2. The van der Waals surface area contributed by atoms with E-state index < -0.39 is 0 Å². The first kappa shape index (κ1) is 13.1. The summed E-state index contributed by atoms with van der Waals surface area (Å²) in [5.74, 6) is 1.72. The van der Waals surface area contributed by atoms with E-state index in [1.165, 1.54) is 0 Å². The molecule has 0 aromatic carbocycles. The number of likely N-dealkylation sites (N-methyl/N-ethyl adjacent to an activating group) is 1. The minimum absolute atomic E-state index is 0.122. The minimum Gasteiger partial charge on any atom is -0.466 e. The van der Waals surface area contributed by atoms with Crippen molar-refractivity contribution in [2.24, 2.45) is 0 Å². The summed E-state index contributed by atoms with van der Waals surface area (Å²) >= 11 is 0. The molecule has 1 saturated heterocycles. The lowest BCUT2D eigenvalue weighted by Gasteiger charge is -2.20. The molecule has 2 rings (SSSR count). The van der Waals surface area contributed by atoms with E-state index in [1.807, 2.05) is 25.7 Å². The molecule has 0 bridgehead atoms. The monoisotopic (exact) mass is 250 g/mol. The Bertz CT molecular complexity index is 451. The molecule has 0 unspecified atom stereocenters. The van der Waals surface area contributed by atoms with Gasteiger partial charge in [-0.3, -0.25) is 4.79 Å². The zero-order chi connectivity index (χ0) is 13.3. The lowest BCUT2D eigenvalue weighted by molar-refractivity contribution is 0.0760. The third-order valence-corrected chi connectivity index (χ3v) is 3.78. The topological polar surface area (TPSA) is 36.7 Å². The Balaban J connectivity index is 2.20. The number of nitrogens with zero attached hydrogens (tertiary/aromatic N) is 2. The predicted molar refractivity (Wildman–Crippen MR) is 70.9 cm³/mol. The van der Waals surface area contributed by atoms with Gasteiger partial charge in [-0.25, -0.2) is 0 Å². The van der Waals surface area contributed by atoms with Crippen molar-refractivity contribution in [1.82, 2.24) is 9.80 Å². The molecule has 0 aliphatic carbocycles. The zero-order valence-electron chi connectivity index (χ0n) is 11.7. The summed E-state index contributed by atoms with van der Waals surface area (Å²) in [6.07, 6.45) is 1.04. The van der Waals surface area contributed by atoms with Gasteiger partial charge in [0.15, 0.2) is 0 Å². The van der Waals surface area contributed by atoms with Gasteiger partial charge in [0, 0.05) is 25.2 Å². The van der Waals surface area contributed by atoms with Crippen LogP contribution in [0.15, 0.2) is 4.42 Å². The zero-order valence-corrected chi connectivity index (χ0v) is 11.7. The van der Waals surface area contributed by atoms with Crippen LogP contribution in [0.1, 0.15) is 33.9 Å². The average molecular weight is 250 g/mol. The van der Waals surface area contributed by atoms with Crippen molar-refractivity contribution >= 4 is 5.91 Å². The molecule has 1 aromatic rings. The second-order valence-electron chi connectivity index (χ2n) is 5.16. The van der Waals surface area contributed by atoms with Crippen LogP contribution in [0.25, 0.3) is 0 Å². The summed E-state index contributed by atoms with van der Waals surface area (Å²) in [5.41, 5.74) is 1.74. The molecule has 0 atom stereocenters. The second-order valence-corrected chi connectivity index (χ2v) is 5.16. The average Bonchev–Trinajstić information content (AvgIpc) is 2.51. The molecule has 0 saturated carbocycles. The van der Waals surface area contributed by atoms with Gasteiger partial charge in [-0.15, -0.1) is 0 Å². The Morgan fingerprint density at radius 2 is 1.78 bits per heavy atom.